The monoisotopic (exact) mass is 339 g/mol. The summed E-state index contributed by atoms with van der Waals surface area (Å²) in [4.78, 5) is 20.8. The summed E-state index contributed by atoms with van der Waals surface area (Å²) in [6.07, 6.45) is 1.66. The van der Waals surface area contributed by atoms with Gasteiger partial charge < -0.3 is 11.1 Å². The number of fused-ring (bicyclic) bond motifs is 1. The van der Waals surface area contributed by atoms with E-state index in [1.54, 1.807) is 17.7 Å². The number of imidazole rings is 1. The largest absolute Gasteiger partial charge is 0.369 e. The second-order valence-corrected chi connectivity index (χ2v) is 6.67. The molecule has 6 nitrogen and oxygen atoms in total. The number of hydrogen-bond acceptors (Lipinski definition) is 4. The summed E-state index contributed by atoms with van der Waals surface area (Å²) in [6.45, 7) is 7.58. The van der Waals surface area contributed by atoms with Crippen molar-refractivity contribution < 1.29 is 4.79 Å². The van der Waals surface area contributed by atoms with Crippen molar-refractivity contribution in [1.29, 1.82) is 0 Å². The summed E-state index contributed by atoms with van der Waals surface area (Å²) in [7, 11) is 0. The highest BCUT2D eigenvalue weighted by Gasteiger charge is 2.24. The van der Waals surface area contributed by atoms with Crippen LogP contribution in [-0.2, 0) is 4.79 Å². The first-order chi connectivity index (χ1) is 9.19. The van der Waals surface area contributed by atoms with E-state index < -0.39 is 6.04 Å². The van der Waals surface area contributed by atoms with Gasteiger partial charge in [0.25, 0.3) is 0 Å². The number of amides is 1. The Morgan fingerprint density at radius 3 is 2.75 bits per heavy atom. The number of hydrogen-bond donors (Lipinski definition) is 2. The Morgan fingerprint density at radius 2 is 2.15 bits per heavy atom. The van der Waals surface area contributed by atoms with E-state index in [4.69, 9.17) is 5.73 Å². The minimum Gasteiger partial charge on any atom is -0.369 e. The van der Waals surface area contributed by atoms with Gasteiger partial charge in [0.05, 0.1) is 0 Å². The van der Waals surface area contributed by atoms with Crippen LogP contribution >= 0.6 is 15.9 Å². The summed E-state index contributed by atoms with van der Waals surface area (Å²) >= 11 is 3.34. The number of nitrogens with one attached hydrogen (secondary N) is 1. The quantitative estimate of drug-likeness (QED) is 0.878. The summed E-state index contributed by atoms with van der Waals surface area (Å²) < 4.78 is 2.46. The molecule has 0 fully saturated rings. The minimum atomic E-state index is -0.479. The van der Waals surface area contributed by atoms with Gasteiger partial charge in [0.2, 0.25) is 11.9 Å². The molecule has 0 saturated carbocycles. The molecule has 0 saturated heterocycles. The number of nitrogen functional groups attached to an aromatic ring is 1. The van der Waals surface area contributed by atoms with Crippen LogP contribution in [0.1, 0.15) is 33.7 Å². The molecule has 0 radical (unpaired) electrons. The Bertz CT molecular complexity index is 659. The molecule has 0 bridgehead atoms. The molecule has 0 aromatic carbocycles. The van der Waals surface area contributed by atoms with Crippen molar-refractivity contribution in [2.45, 2.75) is 39.3 Å². The molecular formula is C13H18BrN5O. The molecule has 2 heterocycles. The first kappa shape index (κ1) is 14.8. The maximum atomic E-state index is 12.3. The number of carbonyl (C=O) groups excluding carboxylic acids is 1. The van der Waals surface area contributed by atoms with Crippen LogP contribution in [0.25, 0.3) is 11.2 Å². The third-order valence-corrected chi connectivity index (χ3v) is 3.22. The lowest BCUT2D eigenvalue weighted by Crippen LogP contribution is -2.43. The molecule has 0 aliphatic heterocycles. The van der Waals surface area contributed by atoms with Crippen molar-refractivity contribution in [3.05, 3.63) is 16.7 Å². The van der Waals surface area contributed by atoms with Gasteiger partial charge in [-0.1, -0.05) is 0 Å². The van der Waals surface area contributed by atoms with Crippen molar-refractivity contribution in [2.75, 3.05) is 5.73 Å². The SMILES string of the molecule is CC(C(=O)NC(C)(C)C)n1c(N)nc2cc(Br)cnc21. The van der Waals surface area contributed by atoms with E-state index in [-0.39, 0.29) is 17.4 Å². The van der Waals surface area contributed by atoms with Crippen molar-refractivity contribution in [3.63, 3.8) is 0 Å². The summed E-state index contributed by atoms with van der Waals surface area (Å²) in [6, 6.07) is 1.34. The molecule has 2 rings (SSSR count). The molecule has 1 unspecified atom stereocenters. The number of carbonyl (C=O) groups is 1. The lowest BCUT2D eigenvalue weighted by atomic mass is 10.1. The predicted octanol–water partition coefficient (Wildman–Crippen LogP) is 2.25. The molecular weight excluding hydrogens is 322 g/mol. The Kier molecular flexibility index (Phi) is 3.73. The Hall–Kier alpha value is -1.63. The second kappa shape index (κ2) is 5.05. The van der Waals surface area contributed by atoms with Crippen LogP contribution < -0.4 is 11.1 Å². The fraction of sp³-hybridized carbons (Fsp3) is 0.462. The third-order valence-electron chi connectivity index (χ3n) is 2.79. The van der Waals surface area contributed by atoms with Gasteiger partial charge in [-0.2, -0.15) is 0 Å². The van der Waals surface area contributed by atoms with Crippen LogP contribution in [0.15, 0.2) is 16.7 Å². The van der Waals surface area contributed by atoms with Crippen LogP contribution in [0, 0.1) is 0 Å². The molecule has 7 heteroatoms. The molecule has 0 spiro atoms. The number of aromatic nitrogens is 3. The normalized spacial score (nSPS) is 13.4. The maximum Gasteiger partial charge on any atom is 0.243 e. The Morgan fingerprint density at radius 1 is 1.50 bits per heavy atom. The molecule has 108 valence electrons. The van der Waals surface area contributed by atoms with Gasteiger partial charge in [0, 0.05) is 16.2 Å². The first-order valence-electron chi connectivity index (χ1n) is 6.30. The average Bonchev–Trinajstić information content (AvgIpc) is 2.60. The summed E-state index contributed by atoms with van der Waals surface area (Å²) in [5.74, 6) is 0.162. The van der Waals surface area contributed by atoms with Crippen LogP contribution in [0.5, 0.6) is 0 Å². The van der Waals surface area contributed by atoms with E-state index in [1.807, 2.05) is 26.8 Å². The van der Waals surface area contributed by atoms with Crippen LogP contribution in [-0.4, -0.2) is 26.0 Å². The van der Waals surface area contributed by atoms with Gasteiger partial charge in [0.1, 0.15) is 11.6 Å². The predicted molar refractivity (Wildman–Crippen MR) is 82.2 cm³/mol. The standard InChI is InChI=1S/C13H18BrN5O/c1-7(11(20)18-13(2,3)4)19-10-9(17-12(19)15)5-8(14)6-16-10/h5-7H,1-4H3,(H2,15,17)(H,18,20). The number of pyridine rings is 1. The third kappa shape index (κ3) is 2.92. The van der Waals surface area contributed by atoms with Gasteiger partial charge in [-0.3, -0.25) is 9.36 Å². The van der Waals surface area contributed by atoms with Crippen LogP contribution in [0.2, 0.25) is 0 Å². The minimum absolute atomic E-state index is 0.117. The number of halogens is 1. The van der Waals surface area contributed by atoms with Crippen molar-refractivity contribution in [1.82, 2.24) is 19.9 Å². The highest BCUT2D eigenvalue weighted by Crippen LogP contribution is 2.23. The smallest absolute Gasteiger partial charge is 0.243 e. The maximum absolute atomic E-state index is 12.3. The van der Waals surface area contributed by atoms with Gasteiger partial charge in [0.15, 0.2) is 5.65 Å². The number of nitrogens with zero attached hydrogens (tertiary/aromatic N) is 3. The van der Waals surface area contributed by atoms with E-state index >= 15 is 0 Å². The van der Waals surface area contributed by atoms with Crippen LogP contribution in [0.3, 0.4) is 0 Å². The number of nitrogens with two attached hydrogens (primary N) is 1. The zero-order valence-electron chi connectivity index (χ0n) is 11.9. The first-order valence-corrected chi connectivity index (χ1v) is 7.09. The lowest BCUT2D eigenvalue weighted by molar-refractivity contribution is -0.125. The van der Waals surface area contributed by atoms with Crippen molar-refractivity contribution >= 4 is 38.9 Å². The fourth-order valence-corrected chi connectivity index (χ4v) is 2.27. The van der Waals surface area contributed by atoms with E-state index in [0.717, 1.165) is 4.47 Å². The summed E-state index contributed by atoms with van der Waals surface area (Å²) in [5, 5.41) is 2.93. The molecule has 2 aromatic rings. The Labute approximate surface area is 125 Å². The molecule has 0 aliphatic carbocycles. The molecule has 1 atom stereocenters. The molecule has 1 amide bonds. The second-order valence-electron chi connectivity index (χ2n) is 5.75. The zero-order valence-corrected chi connectivity index (χ0v) is 13.5. The molecule has 0 aliphatic rings. The highest BCUT2D eigenvalue weighted by molar-refractivity contribution is 9.10. The van der Waals surface area contributed by atoms with E-state index in [1.165, 1.54) is 0 Å². The van der Waals surface area contributed by atoms with Gasteiger partial charge in [-0.25, -0.2) is 9.97 Å². The lowest BCUT2D eigenvalue weighted by Gasteiger charge is -2.24. The summed E-state index contributed by atoms with van der Waals surface area (Å²) in [5.41, 5.74) is 6.88. The number of rotatable bonds is 2. The number of anilines is 1. The van der Waals surface area contributed by atoms with Gasteiger partial charge in [-0.05, 0) is 49.7 Å². The van der Waals surface area contributed by atoms with Crippen molar-refractivity contribution in [2.24, 2.45) is 0 Å². The van der Waals surface area contributed by atoms with E-state index in [2.05, 4.69) is 31.2 Å². The van der Waals surface area contributed by atoms with E-state index in [9.17, 15) is 4.79 Å². The van der Waals surface area contributed by atoms with E-state index in [0.29, 0.717) is 11.2 Å². The Balaban J connectivity index is 2.42. The topological polar surface area (TPSA) is 85.8 Å². The van der Waals surface area contributed by atoms with Gasteiger partial charge >= 0.3 is 0 Å². The highest BCUT2D eigenvalue weighted by atomic mass is 79.9. The molecule has 2 aromatic heterocycles. The van der Waals surface area contributed by atoms with Crippen molar-refractivity contribution in [3.8, 4) is 0 Å². The molecule has 20 heavy (non-hydrogen) atoms. The fourth-order valence-electron chi connectivity index (χ4n) is 1.95. The van der Waals surface area contributed by atoms with Crippen LogP contribution in [0.4, 0.5) is 5.95 Å². The molecule has 3 N–H and O–H groups in total. The van der Waals surface area contributed by atoms with Gasteiger partial charge in [-0.15, -0.1) is 0 Å². The zero-order chi connectivity index (χ0) is 15.1. The average molecular weight is 340 g/mol.